The molecule has 3 aromatic rings. The van der Waals surface area contributed by atoms with Gasteiger partial charge in [-0.05, 0) is 18.9 Å². The number of piperidine rings is 1. The van der Waals surface area contributed by atoms with E-state index in [0.29, 0.717) is 24.3 Å². The number of carbonyl (C=O) groups excluding carboxylic acids is 2. The van der Waals surface area contributed by atoms with Crippen LogP contribution in [0, 0.1) is 11.3 Å². The number of hydrogen-bond donors (Lipinski definition) is 2. The molecule has 2 N–H and O–H groups in total. The van der Waals surface area contributed by atoms with Gasteiger partial charge in [-0.3, -0.25) is 9.59 Å². The molecule has 1 saturated heterocycles. The molecule has 0 aliphatic carbocycles. The Balaban J connectivity index is 1.66. The van der Waals surface area contributed by atoms with Gasteiger partial charge in [0.1, 0.15) is 18.3 Å². The van der Waals surface area contributed by atoms with E-state index < -0.39 is 0 Å². The maximum atomic E-state index is 12.2. The first kappa shape index (κ1) is 20.4. The molecule has 1 aliphatic rings. The normalized spacial score (nSPS) is 16.2. The van der Waals surface area contributed by atoms with Crippen LogP contribution in [0.3, 0.4) is 0 Å². The molecule has 1 fully saturated rings. The minimum Gasteiger partial charge on any atom is -0.443 e. The molecule has 0 bridgehead atoms. The van der Waals surface area contributed by atoms with Crippen LogP contribution in [-0.2, 0) is 4.79 Å². The Morgan fingerprint density at radius 3 is 3.06 bits per heavy atom. The number of rotatable bonds is 5. The average molecular weight is 421 g/mol. The predicted molar refractivity (Wildman–Crippen MR) is 113 cm³/mol. The average Bonchev–Trinajstić information content (AvgIpc) is 3.43. The van der Waals surface area contributed by atoms with Gasteiger partial charge in [0, 0.05) is 51.0 Å². The van der Waals surface area contributed by atoms with Gasteiger partial charge >= 0.3 is 0 Å². The number of likely N-dealkylation sites (tertiary alicyclic amines) is 1. The number of H-pyrrole nitrogens is 1. The summed E-state index contributed by atoms with van der Waals surface area (Å²) in [6.45, 7) is 1.15. The SMILES string of the molecule is CN(C)C(=O)c1coc(-c2cnc3[nH]ccc3c2N[C@@H]2CCCN(C(=O)CC#N)C2)n1. The van der Waals surface area contributed by atoms with Crippen molar-refractivity contribution in [1.82, 2.24) is 24.8 Å². The number of aromatic nitrogens is 3. The monoisotopic (exact) mass is 421 g/mol. The fraction of sp³-hybridized carbons (Fsp3) is 0.381. The third-order valence-corrected chi connectivity index (χ3v) is 5.30. The molecule has 0 spiro atoms. The Bertz CT molecular complexity index is 1160. The van der Waals surface area contributed by atoms with Crippen molar-refractivity contribution in [3.8, 4) is 17.5 Å². The first-order chi connectivity index (χ1) is 15.0. The van der Waals surface area contributed by atoms with Gasteiger partial charge in [-0.1, -0.05) is 0 Å². The van der Waals surface area contributed by atoms with E-state index in [-0.39, 0.29) is 35.9 Å². The van der Waals surface area contributed by atoms with Crippen molar-refractivity contribution in [3.05, 3.63) is 30.4 Å². The summed E-state index contributed by atoms with van der Waals surface area (Å²) in [6.07, 6.45) is 6.39. The van der Waals surface area contributed by atoms with Crippen LogP contribution in [0.2, 0.25) is 0 Å². The maximum Gasteiger partial charge on any atom is 0.275 e. The molecule has 3 aromatic heterocycles. The predicted octanol–water partition coefficient (Wildman–Crippen LogP) is 2.24. The Morgan fingerprint density at radius 2 is 2.29 bits per heavy atom. The van der Waals surface area contributed by atoms with E-state index in [1.807, 2.05) is 12.1 Å². The van der Waals surface area contributed by atoms with Gasteiger partial charge in [-0.2, -0.15) is 5.26 Å². The number of anilines is 1. The fourth-order valence-corrected chi connectivity index (χ4v) is 3.76. The molecule has 0 unspecified atom stereocenters. The van der Waals surface area contributed by atoms with Crippen LogP contribution in [0.5, 0.6) is 0 Å². The zero-order valence-corrected chi connectivity index (χ0v) is 17.4. The van der Waals surface area contributed by atoms with Crippen LogP contribution in [0.15, 0.2) is 29.1 Å². The highest BCUT2D eigenvalue weighted by Gasteiger charge is 2.26. The van der Waals surface area contributed by atoms with E-state index in [9.17, 15) is 9.59 Å². The molecule has 2 amide bonds. The lowest BCUT2D eigenvalue weighted by atomic mass is 10.0. The number of pyridine rings is 1. The van der Waals surface area contributed by atoms with Crippen LogP contribution in [0.1, 0.15) is 29.8 Å². The van der Waals surface area contributed by atoms with Crippen molar-refractivity contribution in [3.63, 3.8) is 0 Å². The van der Waals surface area contributed by atoms with Gasteiger partial charge in [-0.15, -0.1) is 0 Å². The molecule has 31 heavy (non-hydrogen) atoms. The maximum absolute atomic E-state index is 12.2. The Hall–Kier alpha value is -3.87. The second kappa shape index (κ2) is 8.47. The van der Waals surface area contributed by atoms with E-state index >= 15 is 0 Å². The number of oxazole rings is 1. The van der Waals surface area contributed by atoms with Gasteiger partial charge in [-0.25, -0.2) is 9.97 Å². The number of aromatic amines is 1. The van der Waals surface area contributed by atoms with E-state index in [1.165, 1.54) is 11.2 Å². The Kier molecular flexibility index (Phi) is 5.58. The highest BCUT2D eigenvalue weighted by atomic mass is 16.3. The number of nitrogens with one attached hydrogen (secondary N) is 2. The minimum absolute atomic E-state index is 0.00603. The quantitative estimate of drug-likeness (QED) is 0.646. The molecule has 160 valence electrons. The number of hydrogen-bond acceptors (Lipinski definition) is 7. The van der Waals surface area contributed by atoms with E-state index in [2.05, 4.69) is 20.3 Å². The molecule has 0 saturated carbocycles. The van der Waals surface area contributed by atoms with Gasteiger partial charge in [0.2, 0.25) is 11.8 Å². The summed E-state index contributed by atoms with van der Waals surface area (Å²) in [5, 5.41) is 13.2. The Labute approximate surface area is 178 Å². The van der Waals surface area contributed by atoms with Crippen molar-refractivity contribution < 1.29 is 14.0 Å². The van der Waals surface area contributed by atoms with Gasteiger partial charge < -0.3 is 24.5 Å². The molecule has 10 nitrogen and oxygen atoms in total. The lowest BCUT2D eigenvalue weighted by Gasteiger charge is -2.33. The topological polar surface area (TPSA) is 131 Å². The first-order valence-electron chi connectivity index (χ1n) is 10.0. The van der Waals surface area contributed by atoms with Crippen molar-refractivity contribution >= 4 is 28.5 Å². The lowest BCUT2D eigenvalue weighted by molar-refractivity contribution is -0.131. The number of amides is 2. The molecular formula is C21H23N7O3. The van der Waals surface area contributed by atoms with E-state index in [1.54, 1.807) is 31.4 Å². The van der Waals surface area contributed by atoms with Crippen LogP contribution < -0.4 is 5.32 Å². The minimum atomic E-state index is -0.251. The largest absolute Gasteiger partial charge is 0.443 e. The Morgan fingerprint density at radius 1 is 1.45 bits per heavy atom. The van der Waals surface area contributed by atoms with Crippen LogP contribution >= 0.6 is 0 Å². The summed E-state index contributed by atoms with van der Waals surface area (Å²) in [4.78, 5) is 39.4. The van der Waals surface area contributed by atoms with Crippen molar-refractivity contribution in [1.29, 1.82) is 5.26 Å². The molecule has 10 heteroatoms. The van der Waals surface area contributed by atoms with E-state index in [0.717, 1.165) is 23.9 Å². The van der Waals surface area contributed by atoms with Crippen LogP contribution in [-0.4, -0.2) is 69.8 Å². The number of carbonyl (C=O) groups is 2. The van der Waals surface area contributed by atoms with Crippen molar-refractivity contribution in [2.75, 3.05) is 32.5 Å². The summed E-state index contributed by atoms with van der Waals surface area (Å²) in [5.74, 6) is -0.120. The summed E-state index contributed by atoms with van der Waals surface area (Å²) in [6, 6.07) is 3.83. The van der Waals surface area contributed by atoms with Gasteiger partial charge in [0.25, 0.3) is 5.91 Å². The molecule has 1 atom stereocenters. The standard InChI is InChI=1S/C21H23N7O3/c1-27(2)21(30)16-12-31-20(26-16)15-10-24-19-14(6-8-23-19)18(15)25-13-4-3-9-28(11-13)17(29)5-7-22/h6,8,10,12-13H,3-5,9,11H2,1-2H3,(H2,23,24,25)/t13-/m1/s1. The second-order valence-corrected chi connectivity index (χ2v) is 7.68. The fourth-order valence-electron chi connectivity index (χ4n) is 3.76. The smallest absolute Gasteiger partial charge is 0.275 e. The van der Waals surface area contributed by atoms with Gasteiger partial charge in [0.05, 0.1) is 17.3 Å². The third kappa shape index (κ3) is 4.07. The lowest BCUT2D eigenvalue weighted by Crippen LogP contribution is -2.45. The van der Waals surface area contributed by atoms with Gasteiger partial charge in [0.15, 0.2) is 5.69 Å². The molecule has 4 heterocycles. The summed E-state index contributed by atoms with van der Waals surface area (Å²) in [7, 11) is 3.30. The third-order valence-electron chi connectivity index (χ3n) is 5.30. The molecule has 1 aliphatic heterocycles. The second-order valence-electron chi connectivity index (χ2n) is 7.68. The van der Waals surface area contributed by atoms with E-state index in [4.69, 9.17) is 9.68 Å². The van der Waals surface area contributed by atoms with Crippen LogP contribution in [0.4, 0.5) is 5.69 Å². The highest BCUT2D eigenvalue weighted by Crippen LogP contribution is 2.34. The zero-order valence-electron chi connectivity index (χ0n) is 17.4. The molecule has 4 rings (SSSR count). The molecular weight excluding hydrogens is 398 g/mol. The summed E-state index contributed by atoms with van der Waals surface area (Å²) < 4.78 is 5.62. The summed E-state index contributed by atoms with van der Waals surface area (Å²) in [5.41, 5.74) is 2.32. The number of fused-ring (bicyclic) bond motifs is 1. The zero-order chi connectivity index (χ0) is 22.0. The van der Waals surface area contributed by atoms with Crippen LogP contribution in [0.25, 0.3) is 22.5 Å². The number of nitriles is 1. The molecule has 0 radical (unpaired) electrons. The highest BCUT2D eigenvalue weighted by molar-refractivity contribution is 5.98. The summed E-state index contributed by atoms with van der Waals surface area (Å²) >= 11 is 0. The molecule has 0 aromatic carbocycles. The van der Waals surface area contributed by atoms with Crippen molar-refractivity contribution in [2.24, 2.45) is 0 Å². The first-order valence-corrected chi connectivity index (χ1v) is 10.0. The van der Waals surface area contributed by atoms with Crippen molar-refractivity contribution in [2.45, 2.75) is 25.3 Å². The number of nitrogens with zero attached hydrogens (tertiary/aromatic N) is 5.